The predicted octanol–water partition coefficient (Wildman–Crippen LogP) is 12.2. The van der Waals surface area contributed by atoms with Crippen LogP contribution >= 0.6 is 0 Å². The maximum atomic E-state index is 2.53. The van der Waals surface area contributed by atoms with E-state index in [0.29, 0.717) is 11.8 Å². The van der Waals surface area contributed by atoms with Gasteiger partial charge in [0.25, 0.3) is 0 Å². The van der Waals surface area contributed by atoms with Crippen molar-refractivity contribution < 1.29 is 0 Å². The van der Waals surface area contributed by atoms with Crippen molar-refractivity contribution in [1.82, 2.24) is 0 Å². The number of rotatable bonds is 5. The summed E-state index contributed by atoms with van der Waals surface area (Å²) < 4.78 is 0. The molecule has 4 atom stereocenters. The van der Waals surface area contributed by atoms with Gasteiger partial charge in [0.1, 0.15) is 0 Å². The molecule has 10 rings (SSSR count). The molecule has 0 N–H and O–H groups in total. The minimum Gasteiger partial charge on any atom is -0.333 e. The molecule has 0 radical (unpaired) electrons. The van der Waals surface area contributed by atoms with E-state index in [1.807, 2.05) is 0 Å². The van der Waals surface area contributed by atoms with Crippen molar-refractivity contribution in [1.29, 1.82) is 0 Å². The van der Waals surface area contributed by atoms with Crippen LogP contribution in [0.3, 0.4) is 0 Å². The second-order valence-corrected chi connectivity index (χ2v) is 14.0. The molecule has 3 aliphatic carbocycles. The van der Waals surface area contributed by atoms with Crippen molar-refractivity contribution in [3.05, 3.63) is 199 Å². The minimum absolute atomic E-state index is 0.262. The zero-order chi connectivity index (χ0) is 33.0. The first-order valence-electron chi connectivity index (χ1n) is 18.0. The molecule has 2 heteroatoms. The molecule has 4 unspecified atom stereocenters. The molecule has 0 amide bonds. The van der Waals surface area contributed by atoms with E-state index in [0.717, 1.165) is 12.8 Å². The van der Waals surface area contributed by atoms with E-state index >= 15 is 0 Å². The molecular weight excluding hydrogens is 605 g/mol. The van der Waals surface area contributed by atoms with Gasteiger partial charge in [-0.15, -0.1) is 0 Å². The summed E-state index contributed by atoms with van der Waals surface area (Å²) >= 11 is 0. The highest BCUT2D eigenvalue weighted by Crippen LogP contribution is 2.51. The average molecular weight is 643 g/mol. The number of nitrogens with zero attached hydrogens (tertiary/aromatic N) is 2. The van der Waals surface area contributed by atoms with Crippen LogP contribution in [0.25, 0.3) is 27.8 Å². The molecular formula is C48H38N2. The van der Waals surface area contributed by atoms with Crippen molar-refractivity contribution in [3.8, 4) is 22.3 Å². The van der Waals surface area contributed by atoms with Crippen LogP contribution in [0.5, 0.6) is 0 Å². The molecule has 0 fully saturated rings. The molecule has 2 heterocycles. The third-order valence-electron chi connectivity index (χ3n) is 11.2. The molecule has 240 valence electrons. The van der Waals surface area contributed by atoms with Crippen LogP contribution in [0.4, 0.5) is 22.7 Å². The molecule has 5 aromatic rings. The first-order valence-corrected chi connectivity index (χ1v) is 18.0. The Kier molecular flexibility index (Phi) is 6.94. The highest BCUT2D eigenvalue weighted by molar-refractivity contribution is 5.84. The second kappa shape index (κ2) is 11.9. The lowest BCUT2D eigenvalue weighted by molar-refractivity contribution is 0.744. The summed E-state index contributed by atoms with van der Waals surface area (Å²) in [5.41, 5.74) is 15.5. The van der Waals surface area contributed by atoms with Gasteiger partial charge >= 0.3 is 0 Å². The van der Waals surface area contributed by atoms with Gasteiger partial charge in [-0.1, -0.05) is 134 Å². The quantitative estimate of drug-likeness (QED) is 0.188. The molecule has 50 heavy (non-hydrogen) atoms. The Morgan fingerprint density at radius 2 is 0.940 bits per heavy atom. The summed E-state index contributed by atoms with van der Waals surface area (Å²) in [6.45, 7) is 0. The van der Waals surface area contributed by atoms with E-state index in [4.69, 9.17) is 0 Å². The highest BCUT2D eigenvalue weighted by Gasteiger charge is 2.39. The van der Waals surface area contributed by atoms with Gasteiger partial charge in [0.15, 0.2) is 0 Å². The summed E-state index contributed by atoms with van der Waals surface area (Å²) in [6, 6.07) is 43.7. The SMILES string of the molecule is C1=CC2c3cc(-c4ccc5c(c4)C4C=CC=CC4N5c4ccc(-c5ccccc5)cc4)ccc3N(c3ccc(C4=CCCC=C4)cc3)C2C=C1. The summed E-state index contributed by atoms with van der Waals surface area (Å²) in [5.74, 6) is 0.630. The van der Waals surface area contributed by atoms with E-state index in [1.165, 1.54) is 67.3 Å². The van der Waals surface area contributed by atoms with E-state index in [-0.39, 0.29) is 12.1 Å². The summed E-state index contributed by atoms with van der Waals surface area (Å²) in [7, 11) is 0. The van der Waals surface area contributed by atoms with Gasteiger partial charge in [0.2, 0.25) is 0 Å². The molecule has 5 aliphatic rings. The normalized spacial score (nSPS) is 22.3. The number of allylic oxidation sites excluding steroid dienone is 8. The van der Waals surface area contributed by atoms with Crippen LogP contribution in [0.2, 0.25) is 0 Å². The molecule has 0 aromatic heterocycles. The Labute approximate surface area is 295 Å². The topological polar surface area (TPSA) is 6.48 Å². The predicted molar refractivity (Wildman–Crippen MR) is 210 cm³/mol. The van der Waals surface area contributed by atoms with Gasteiger partial charge in [-0.05, 0) is 106 Å². The van der Waals surface area contributed by atoms with Crippen LogP contribution in [-0.2, 0) is 0 Å². The maximum absolute atomic E-state index is 2.53. The van der Waals surface area contributed by atoms with Crippen LogP contribution < -0.4 is 9.80 Å². The number of hydrogen-bond acceptors (Lipinski definition) is 2. The van der Waals surface area contributed by atoms with Crippen LogP contribution in [0.1, 0.15) is 41.4 Å². The standard InChI is InChI=1S/C48H38N2/c1-3-11-33(12-4-1)35-19-25-39(26-20-35)49-45-17-9-7-15-41(45)43-31-37(23-29-47(43)49)38-24-30-48-44(32-38)42-16-8-10-18-46(42)50(48)40-27-21-36(22-28-40)34-13-5-2-6-14-34/h1,3-5,7-32,41-42,45-46H,2,6H2. The van der Waals surface area contributed by atoms with Crippen LogP contribution in [0, 0.1) is 0 Å². The largest absolute Gasteiger partial charge is 0.333 e. The molecule has 0 saturated carbocycles. The highest BCUT2D eigenvalue weighted by atomic mass is 15.2. The number of anilines is 4. The fourth-order valence-corrected chi connectivity index (χ4v) is 8.73. The van der Waals surface area contributed by atoms with Gasteiger partial charge in [0, 0.05) is 34.6 Å². The zero-order valence-corrected chi connectivity index (χ0v) is 27.9. The van der Waals surface area contributed by atoms with Crippen molar-refractivity contribution in [2.45, 2.75) is 36.8 Å². The smallest absolute Gasteiger partial charge is 0.0629 e. The maximum Gasteiger partial charge on any atom is 0.0629 e. The second-order valence-electron chi connectivity index (χ2n) is 14.0. The van der Waals surface area contributed by atoms with Gasteiger partial charge < -0.3 is 9.80 Å². The Bertz CT molecular complexity index is 2280. The van der Waals surface area contributed by atoms with Crippen molar-refractivity contribution in [2.24, 2.45) is 0 Å². The third-order valence-corrected chi connectivity index (χ3v) is 11.2. The molecule has 5 aromatic carbocycles. The Hall–Kier alpha value is -5.86. The van der Waals surface area contributed by atoms with Gasteiger partial charge in [-0.3, -0.25) is 0 Å². The van der Waals surface area contributed by atoms with Gasteiger partial charge in [0.05, 0.1) is 12.1 Å². The summed E-state index contributed by atoms with van der Waals surface area (Å²) in [5, 5.41) is 0. The van der Waals surface area contributed by atoms with Crippen molar-refractivity contribution in [3.63, 3.8) is 0 Å². The molecule has 0 spiro atoms. The van der Waals surface area contributed by atoms with Crippen LogP contribution in [0.15, 0.2) is 182 Å². The van der Waals surface area contributed by atoms with E-state index in [9.17, 15) is 0 Å². The Morgan fingerprint density at radius 3 is 1.48 bits per heavy atom. The van der Waals surface area contributed by atoms with Gasteiger partial charge in [-0.2, -0.15) is 0 Å². The fraction of sp³-hybridized carbons (Fsp3) is 0.125. The monoisotopic (exact) mass is 642 g/mol. The number of benzene rings is 5. The summed E-state index contributed by atoms with van der Waals surface area (Å²) in [4.78, 5) is 5.06. The fourth-order valence-electron chi connectivity index (χ4n) is 8.73. The van der Waals surface area contributed by atoms with E-state index < -0.39 is 0 Å². The van der Waals surface area contributed by atoms with Crippen molar-refractivity contribution in [2.75, 3.05) is 9.80 Å². The lowest BCUT2D eigenvalue weighted by atomic mass is 9.88. The lowest BCUT2D eigenvalue weighted by Gasteiger charge is -2.29. The molecule has 2 nitrogen and oxygen atoms in total. The third kappa shape index (κ3) is 4.78. The summed E-state index contributed by atoms with van der Waals surface area (Å²) in [6.07, 6.45) is 27.5. The van der Waals surface area contributed by atoms with E-state index in [1.54, 1.807) is 0 Å². The first kappa shape index (κ1) is 29.1. The van der Waals surface area contributed by atoms with Gasteiger partial charge in [-0.25, -0.2) is 0 Å². The molecule has 2 aliphatic heterocycles. The molecule has 0 bridgehead atoms. The zero-order valence-electron chi connectivity index (χ0n) is 27.9. The number of hydrogen-bond donors (Lipinski definition) is 0. The van der Waals surface area contributed by atoms with Crippen LogP contribution in [-0.4, -0.2) is 12.1 Å². The number of fused-ring (bicyclic) bond motifs is 6. The Morgan fingerprint density at radius 1 is 0.440 bits per heavy atom. The lowest BCUT2D eigenvalue weighted by Crippen LogP contribution is -2.28. The Balaban J connectivity index is 0.992. The first-order chi connectivity index (χ1) is 24.8. The minimum atomic E-state index is 0.262. The molecule has 0 saturated heterocycles. The average Bonchev–Trinajstić information content (AvgIpc) is 3.71. The van der Waals surface area contributed by atoms with E-state index in [2.05, 4.69) is 192 Å². The van der Waals surface area contributed by atoms with Crippen molar-refractivity contribution >= 4 is 28.3 Å².